The van der Waals surface area contributed by atoms with Crippen LogP contribution < -0.4 is 0 Å². The van der Waals surface area contributed by atoms with E-state index in [1.807, 2.05) is 12.1 Å². The van der Waals surface area contributed by atoms with Crippen molar-refractivity contribution in [2.75, 3.05) is 0 Å². The van der Waals surface area contributed by atoms with Crippen LogP contribution in [0, 0.1) is 11.3 Å². The Hall–Kier alpha value is -1.38. The number of carbonyl (C=O) groups is 1. The SMILES string of the molecule is CC1(C)[C@@H]2C[C@H]1c1cccnc1[C@H]2C(=O)O. The predicted octanol–water partition coefficient (Wildman–Crippen LogP) is 2.39. The average molecular weight is 217 g/mol. The van der Waals surface area contributed by atoms with E-state index >= 15 is 0 Å². The summed E-state index contributed by atoms with van der Waals surface area (Å²) in [6.07, 6.45) is 2.70. The fourth-order valence-electron chi connectivity index (χ4n) is 3.52. The topological polar surface area (TPSA) is 50.2 Å². The lowest BCUT2D eigenvalue weighted by atomic mass is 9.45. The smallest absolute Gasteiger partial charge is 0.312 e. The first-order valence-electron chi connectivity index (χ1n) is 5.71. The monoisotopic (exact) mass is 217 g/mol. The molecular weight excluding hydrogens is 202 g/mol. The van der Waals surface area contributed by atoms with Crippen molar-refractivity contribution in [1.82, 2.24) is 4.98 Å². The number of carboxylic acids is 1. The van der Waals surface area contributed by atoms with Gasteiger partial charge in [0.2, 0.25) is 0 Å². The fraction of sp³-hybridized carbons (Fsp3) is 0.538. The Balaban J connectivity index is 2.19. The molecule has 0 spiro atoms. The van der Waals surface area contributed by atoms with Crippen molar-refractivity contribution in [3.63, 3.8) is 0 Å². The quantitative estimate of drug-likeness (QED) is 0.785. The lowest BCUT2D eigenvalue weighted by Crippen LogP contribution is -2.52. The normalized spacial score (nSPS) is 33.8. The first-order chi connectivity index (χ1) is 7.53. The van der Waals surface area contributed by atoms with Crippen LogP contribution in [0.5, 0.6) is 0 Å². The molecule has 1 fully saturated rings. The van der Waals surface area contributed by atoms with Gasteiger partial charge in [0.15, 0.2) is 0 Å². The van der Waals surface area contributed by atoms with Crippen molar-refractivity contribution >= 4 is 5.97 Å². The van der Waals surface area contributed by atoms with Crippen LogP contribution in [0.2, 0.25) is 0 Å². The minimum absolute atomic E-state index is 0.110. The summed E-state index contributed by atoms with van der Waals surface area (Å²) in [6.45, 7) is 4.36. The van der Waals surface area contributed by atoms with Gasteiger partial charge in [-0.1, -0.05) is 19.9 Å². The minimum atomic E-state index is -0.726. The average Bonchev–Trinajstić information content (AvgIpc) is 2.26. The van der Waals surface area contributed by atoms with Crippen molar-refractivity contribution in [3.05, 3.63) is 29.6 Å². The van der Waals surface area contributed by atoms with Crippen molar-refractivity contribution in [2.24, 2.45) is 11.3 Å². The Kier molecular flexibility index (Phi) is 1.74. The first kappa shape index (κ1) is 9.82. The number of hydrogen-bond acceptors (Lipinski definition) is 2. The Morgan fingerprint density at radius 3 is 2.94 bits per heavy atom. The highest BCUT2D eigenvalue weighted by atomic mass is 16.4. The molecule has 0 unspecified atom stereocenters. The molecule has 1 heterocycles. The number of nitrogens with zero attached hydrogens (tertiary/aromatic N) is 1. The molecule has 3 aliphatic carbocycles. The Morgan fingerprint density at radius 2 is 2.31 bits per heavy atom. The Labute approximate surface area is 94.5 Å². The van der Waals surface area contributed by atoms with Crippen LogP contribution in [-0.2, 0) is 4.79 Å². The van der Waals surface area contributed by atoms with Gasteiger partial charge in [-0.25, -0.2) is 0 Å². The predicted molar refractivity (Wildman–Crippen MR) is 59.2 cm³/mol. The molecule has 3 nitrogen and oxygen atoms in total. The standard InChI is InChI=1S/C13H15NO2/c1-13(2)8-6-9(13)10(12(15)16)11-7(8)4-3-5-14-11/h3-5,8-10H,6H2,1-2H3,(H,15,16)/t8-,9+,10-/m0/s1. The second-order valence-electron chi connectivity index (χ2n) is 5.51. The zero-order valence-electron chi connectivity index (χ0n) is 9.47. The summed E-state index contributed by atoms with van der Waals surface area (Å²) in [5, 5.41) is 9.37. The molecule has 1 N–H and O–H groups in total. The van der Waals surface area contributed by atoms with Crippen LogP contribution in [-0.4, -0.2) is 16.1 Å². The molecule has 0 radical (unpaired) electrons. The summed E-state index contributed by atoms with van der Waals surface area (Å²) in [5.41, 5.74) is 2.07. The van der Waals surface area contributed by atoms with Crippen LogP contribution in [0.4, 0.5) is 0 Å². The number of pyridine rings is 1. The Morgan fingerprint density at radius 1 is 1.56 bits per heavy atom. The first-order valence-corrected chi connectivity index (χ1v) is 5.71. The van der Waals surface area contributed by atoms with E-state index in [2.05, 4.69) is 18.8 Å². The van der Waals surface area contributed by atoms with E-state index in [-0.39, 0.29) is 11.3 Å². The maximum atomic E-state index is 11.4. The van der Waals surface area contributed by atoms with Gasteiger partial charge in [0.05, 0.1) is 5.69 Å². The van der Waals surface area contributed by atoms with Crippen molar-refractivity contribution in [1.29, 1.82) is 0 Å². The van der Waals surface area contributed by atoms with E-state index in [0.29, 0.717) is 5.92 Å². The van der Waals surface area contributed by atoms with Gasteiger partial charge in [0.25, 0.3) is 0 Å². The van der Waals surface area contributed by atoms with Crippen LogP contribution in [0.15, 0.2) is 18.3 Å². The van der Waals surface area contributed by atoms with Crippen molar-refractivity contribution in [2.45, 2.75) is 32.1 Å². The van der Waals surface area contributed by atoms with Crippen LogP contribution >= 0.6 is 0 Å². The van der Waals surface area contributed by atoms with Gasteiger partial charge in [-0.3, -0.25) is 9.78 Å². The van der Waals surface area contributed by atoms with E-state index in [9.17, 15) is 9.90 Å². The van der Waals surface area contributed by atoms with Crippen molar-refractivity contribution < 1.29 is 9.90 Å². The zero-order chi connectivity index (χ0) is 11.5. The molecule has 0 aromatic carbocycles. The molecule has 0 aliphatic heterocycles. The molecule has 1 aromatic heterocycles. The molecule has 1 aromatic rings. The van der Waals surface area contributed by atoms with E-state index < -0.39 is 11.9 Å². The largest absolute Gasteiger partial charge is 0.481 e. The van der Waals surface area contributed by atoms with Gasteiger partial charge in [-0.2, -0.15) is 0 Å². The molecular formula is C13H15NO2. The molecule has 2 bridgehead atoms. The second-order valence-corrected chi connectivity index (χ2v) is 5.51. The van der Waals surface area contributed by atoms with Gasteiger partial charge in [0, 0.05) is 6.20 Å². The van der Waals surface area contributed by atoms with E-state index in [4.69, 9.17) is 0 Å². The summed E-state index contributed by atoms with van der Waals surface area (Å²) < 4.78 is 0. The van der Waals surface area contributed by atoms with Crippen LogP contribution in [0.25, 0.3) is 0 Å². The number of hydrogen-bond donors (Lipinski definition) is 1. The summed E-state index contributed by atoms with van der Waals surface area (Å²) in [7, 11) is 0. The number of aromatic nitrogens is 1. The summed E-state index contributed by atoms with van der Waals surface area (Å²) in [4.78, 5) is 15.7. The molecule has 0 amide bonds. The van der Waals surface area contributed by atoms with Gasteiger partial charge >= 0.3 is 5.97 Å². The third-order valence-electron chi connectivity index (χ3n) is 4.55. The van der Waals surface area contributed by atoms with Gasteiger partial charge in [-0.05, 0) is 35.3 Å². The molecule has 16 heavy (non-hydrogen) atoms. The molecule has 3 atom stereocenters. The number of carboxylic acid groups (broad SMARTS) is 1. The third-order valence-corrected chi connectivity index (χ3v) is 4.55. The lowest BCUT2D eigenvalue weighted by Gasteiger charge is -2.58. The highest BCUT2D eigenvalue weighted by Crippen LogP contribution is 2.65. The van der Waals surface area contributed by atoms with E-state index in [1.54, 1.807) is 6.20 Å². The third kappa shape index (κ3) is 0.984. The van der Waals surface area contributed by atoms with Crippen LogP contribution in [0.3, 0.4) is 0 Å². The number of aliphatic carboxylic acids is 1. The maximum Gasteiger partial charge on any atom is 0.312 e. The maximum absolute atomic E-state index is 11.4. The molecule has 0 saturated heterocycles. The molecule has 84 valence electrons. The fourth-order valence-corrected chi connectivity index (χ4v) is 3.52. The molecule has 4 rings (SSSR count). The van der Waals surface area contributed by atoms with E-state index in [0.717, 1.165) is 17.7 Å². The summed E-state index contributed by atoms with van der Waals surface area (Å²) >= 11 is 0. The highest BCUT2D eigenvalue weighted by molar-refractivity contribution is 5.78. The van der Waals surface area contributed by atoms with Gasteiger partial charge in [-0.15, -0.1) is 0 Å². The van der Waals surface area contributed by atoms with E-state index in [1.165, 1.54) is 0 Å². The van der Waals surface area contributed by atoms with Gasteiger partial charge in [0.1, 0.15) is 5.92 Å². The summed E-state index contributed by atoms with van der Waals surface area (Å²) in [6, 6.07) is 3.95. The molecule has 3 heteroatoms. The van der Waals surface area contributed by atoms with Crippen molar-refractivity contribution in [3.8, 4) is 0 Å². The summed E-state index contributed by atoms with van der Waals surface area (Å²) in [5.74, 6) is -0.387. The highest BCUT2D eigenvalue weighted by Gasteiger charge is 2.59. The van der Waals surface area contributed by atoms with Gasteiger partial charge < -0.3 is 5.11 Å². The Bertz CT molecular complexity index is 467. The lowest BCUT2D eigenvalue weighted by molar-refractivity contribution is -0.146. The zero-order valence-corrected chi connectivity index (χ0v) is 9.47. The van der Waals surface area contributed by atoms with Crippen LogP contribution in [0.1, 0.15) is 43.4 Å². The number of rotatable bonds is 1. The second kappa shape index (κ2) is 2.84. The minimum Gasteiger partial charge on any atom is -0.481 e. The molecule has 1 saturated carbocycles. The molecule has 3 aliphatic rings.